The van der Waals surface area contributed by atoms with Gasteiger partial charge in [-0.3, -0.25) is 0 Å². The number of hydrogen-bond donors (Lipinski definition) is 2. The second-order valence-electron chi connectivity index (χ2n) is 4.23. The molecule has 2 aromatic rings. The van der Waals surface area contributed by atoms with Gasteiger partial charge in [-0.2, -0.15) is 0 Å². The molecule has 2 nitrogen and oxygen atoms in total. The zero-order valence-corrected chi connectivity index (χ0v) is 11.1. The summed E-state index contributed by atoms with van der Waals surface area (Å²) in [6.45, 7) is 0.908. The molecular weight excluding hydrogens is 265 g/mol. The van der Waals surface area contributed by atoms with E-state index in [1.807, 2.05) is 24.3 Å². The SMILES string of the molecule is OCc1ccccc1CNCc1c(F)cccc1Cl. The van der Waals surface area contributed by atoms with E-state index in [1.165, 1.54) is 6.07 Å². The number of benzene rings is 2. The first-order valence-corrected chi connectivity index (χ1v) is 6.41. The number of aliphatic hydroxyl groups excluding tert-OH is 1. The zero-order chi connectivity index (χ0) is 13.7. The molecule has 4 heteroatoms. The van der Waals surface area contributed by atoms with E-state index < -0.39 is 0 Å². The van der Waals surface area contributed by atoms with Gasteiger partial charge in [0.1, 0.15) is 5.82 Å². The van der Waals surface area contributed by atoms with Gasteiger partial charge in [-0.1, -0.05) is 41.9 Å². The molecule has 0 saturated heterocycles. The predicted octanol–water partition coefficient (Wildman–Crippen LogP) is 3.26. The van der Waals surface area contributed by atoms with Crippen molar-refractivity contribution in [3.63, 3.8) is 0 Å². The van der Waals surface area contributed by atoms with Crippen LogP contribution in [0.3, 0.4) is 0 Å². The standard InChI is InChI=1S/C15H15ClFNO/c16-14-6-3-7-15(17)13(14)9-18-8-11-4-1-2-5-12(11)10-19/h1-7,18-19H,8-10H2. The molecular formula is C15H15ClFNO. The molecule has 0 heterocycles. The second-order valence-corrected chi connectivity index (χ2v) is 4.64. The molecule has 2 aromatic carbocycles. The Hall–Kier alpha value is -1.42. The zero-order valence-electron chi connectivity index (χ0n) is 10.4. The molecule has 0 bridgehead atoms. The van der Waals surface area contributed by atoms with E-state index in [0.29, 0.717) is 23.7 Å². The highest BCUT2D eigenvalue weighted by Crippen LogP contribution is 2.18. The molecule has 0 radical (unpaired) electrons. The van der Waals surface area contributed by atoms with Crippen LogP contribution in [0.25, 0.3) is 0 Å². The minimum Gasteiger partial charge on any atom is -0.392 e. The number of halogens is 2. The number of aliphatic hydroxyl groups is 1. The number of hydrogen-bond acceptors (Lipinski definition) is 2. The molecule has 2 rings (SSSR count). The summed E-state index contributed by atoms with van der Waals surface area (Å²) in [5.41, 5.74) is 2.33. The Morgan fingerprint density at radius 1 is 1.00 bits per heavy atom. The molecule has 0 amide bonds. The van der Waals surface area contributed by atoms with Gasteiger partial charge in [0.25, 0.3) is 0 Å². The summed E-state index contributed by atoms with van der Waals surface area (Å²) in [7, 11) is 0. The second kappa shape index (κ2) is 6.66. The van der Waals surface area contributed by atoms with Gasteiger partial charge in [0.05, 0.1) is 6.61 Å². The Bertz CT molecular complexity index is 539. The van der Waals surface area contributed by atoms with Crippen molar-refractivity contribution in [2.24, 2.45) is 0 Å². The Morgan fingerprint density at radius 3 is 2.42 bits per heavy atom. The third-order valence-corrected chi connectivity index (χ3v) is 3.32. The third-order valence-electron chi connectivity index (χ3n) is 2.97. The van der Waals surface area contributed by atoms with Gasteiger partial charge >= 0.3 is 0 Å². The molecule has 0 aliphatic heterocycles. The fourth-order valence-electron chi connectivity index (χ4n) is 1.91. The first-order chi connectivity index (χ1) is 9.22. The topological polar surface area (TPSA) is 32.3 Å². The largest absolute Gasteiger partial charge is 0.392 e. The van der Waals surface area contributed by atoms with Crippen LogP contribution in [0.5, 0.6) is 0 Å². The number of rotatable bonds is 5. The van der Waals surface area contributed by atoms with Crippen LogP contribution < -0.4 is 5.32 Å². The summed E-state index contributed by atoms with van der Waals surface area (Å²) < 4.78 is 13.6. The Kier molecular flexibility index (Phi) is 4.91. The van der Waals surface area contributed by atoms with Crippen LogP contribution in [-0.2, 0) is 19.7 Å². The van der Waals surface area contributed by atoms with Crippen molar-refractivity contribution in [2.75, 3.05) is 0 Å². The molecule has 0 aliphatic carbocycles. The highest BCUT2D eigenvalue weighted by Gasteiger charge is 2.06. The van der Waals surface area contributed by atoms with Crippen LogP contribution in [0.2, 0.25) is 5.02 Å². The normalized spacial score (nSPS) is 10.7. The monoisotopic (exact) mass is 279 g/mol. The van der Waals surface area contributed by atoms with Gasteiger partial charge in [-0.25, -0.2) is 4.39 Å². The minimum absolute atomic E-state index is 0.00168. The summed E-state index contributed by atoms with van der Waals surface area (Å²) in [5, 5.41) is 12.8. The molecule has 0 saturated carbocycles. The van der Waals surface area contributed by atoms with Gasteiger partial charge in [0, 0.05) is 23.7 Å². The molecule has 0 spiro atoms. The molecule has 0 atom stereocenters. The van der Waals surface area contributed by atoms with Crippen LogP contribution >= 0.6 is 11.6 Å². The summed E-state index contributed by atoms with van der Waals surface area (Å²) >= 11 is 5.95. The molecule has 0 unspecified atom stereocenters. The highest BCUT2D eigenvalue weighted by atomic mass is 35.5. The minimum atomic E-state index is -0.310. The van der Waals surface area contributed by atoms with Crippen molar-refractivity contribution in [1.29, 1.82) is 0 Å². The fourth-order valence-corrected chi connectivity index (χ4v) is 2.14. The lowest BCUT2D eigenvalue weighted by Crippen LogP contribution is -2.15. The first kappa shape index (κ1) is 14.0. The molecule has 0 aromatic heterocycles. The maximum Gasteiger partial charge on any atom is 0.129 e. The Labute approximate surface area is 116 Å². The Balaban J connectivity index is 2.00. The van der Waals surface area contributed by atoms with Crippen LogP contribution in [0.15, 0.2) is 42.5 Å². The van der Waals surface area contributed by atoms with Crippen LogP contribution in [0.1, 0.15) is 16.7 Å². The van der Waals surface area contributed by atoms with E-state index in [2.05, 4.69) is 5.32 Å². The predicted molar refractivity (Wildman–Crippen MR) is 74.3 cm³/mol. The summed E-state index contributed by atoms with van der Waals surface area (Å²) in [6.07, 6.45) is 0. The lowest BCUT2D eigenvalue weighted by molar-refractivity contribution is 0.280. The molecule has 2 N–H and O–H groups in total. The summed E-state index contributed by atoms with van der Waals surface area (Å²) in [6, 6.07) is 12.2. The average molecular weight is 280 g/mol. The molecule has 100 valence electrons. The molecule has 0 aliphatic rings. The summed E-state index contributed by atoms with van der Waals surface area (Å²) in [4.78, 5) is 0. The van der Waals surface area contributed by atoms with Crippen LogP contribution in [-0.4, -0.2) is 5.11 Å². The number of nitrogens with one attached hydrogen (secondary N) is 1. The van der Waals surface area contributed by atoms with Gasteiger partial charge in [0.15, 0.2) is 0 Å². The van der Waals surface area contributed by atoms with E-state index in [4.69, 9.17) is 11.6 Å². The lowest BCUT2D eigenvalue weighted by atomic mass is 10.1. The fraction of sp³-hybridized carbons (Fsp3) is 0.200. The van der Waals surface area contributed by atoms with E-state index >= 15 is 0 Å². The van der Waals surface area contributed by atoms with Gasteiger partial charge in [0.2, 0.25) is 0 Å². The van der Waals surface area contributed by atoms with Crippen molar-refractivity contribution in [2.45, 2.75) is 19.7 Å². The van der Waals surface area contributed by atoms with E-state index in [0.717, 1.165) is 11.1 Å². The van der Waals surface area contributed by atoms with E-state index in [1.54, 1.807) is 12.1 Å². The maximum absolute atomic E-state index is 13.6. The maximum atomic E-state index is 13.6. The lowest BCUT2D eigenvalue weighted by Gasteiger charge is -2.10. The van der Waals surface area contributed by atoms with Crippen molar-refractivity contribution >= 4 is 11.6 Å². The van der Waals surface area contributed by atoms with Gasteiger partial charge in [-0.05, 0) is 23.3 Å². The van der Waals surface area contributed by atoms with E-state index in [9.17, 15) is 9.50 Å². The first-order valence-electron chi connectivity index (χ1n) is 6.03. The Morgan fingerprint density at radius 2 is 1.74 bits per heavy atom. The molecule has 19 heavy (non-hydrogen) atoms. The quantitative estimate of drug-likeness (QED) is 0.880. The van der Waals surface area contributed by atoms with Crippen molar-refractivity contribution in [3.05, 3.63) is 70.0 Å². The third kappa shape index (κ3) is 3.53. The van der Waals surface area contributed by atoms with Crippen molar-refractivity contribution in [1.82, 2.24) is 5.32 Å². The van der Waals surface area contributed by atoms with Gasteiger partial charge < -0.3 is 10.4 Å². The highest BCUT2D eigenvalue weighted by molar-refractivity contribution is 6.31. The smallest absolute Gasteiger partial charge is 0.129 e. The van der Waals surface area contributed by atoms with Crippen molar-refractivity contribution in [3.8, 4) is 0 Å². The van der Waals surface area contributed by atoms with Crippen LogP contribution in [0.4, 0.5) is 4.39 Å². The van der Waals surface area contributed by atoms with Gasteiger partial charge in [-0.15, -0.1) is 0 Å². The summed E-state index contributed by atoms with van der Waals surface area (Å²) in [5.74, 6) is -0.310. The van der Waals surface area contributed by atoms with Crippen molar-refractivity contribution < 1.29 is 9.50 Å². The average Bonchev–Trinajstić information content (AvgIpc) is 2.42. The molecule has 0 fully saturated rings. The van der Waals surface area contributed by atoms with Crippen LogP contribution in [0, 0.1) is 5.82 Å². The van der Waals surface area contributed by atoms with E-state index in [-0.39, 0.29) is 12.4 Å².